The van der Waals surface area contributed by atoms with Gasteiger partial charge in [-0.15, -0.1) is 11.8 Å². The molecule has 0 aromatic carbocycles. The van der Waals surface area contributed by atoms with Gasteiger partial charge in [0.25, 0.3) is 0 Å². The van der Waals surface area contributed by atoms with Crippen LogP contribution in [0, 0.1) is 0 Å². The molecule has 0 aromatic heterocycles. The highest BCUT2D eigenvalue weighted by Gasteiger charge is 2.31. The molecule has 2 fully saturated rings. The molecule has 1 amide bonds. The maximum atomic E-state index is 12.7. The number of halogens is 1. The lowest BCUT2D eigenvalue weighted by Gasteiger charge is -2.37. The molecule has 1 saturated heterocycles. The van der Waals surface area contributed by atoms with Crippen LogP contribution in [0.4, 0.5) is 0 Å². The van der Waals surface area contributed by atoms with E-state index < -0.39 is 0 Å². The second kappa shape index (κ2) is 7.78. The Bertz CT molecular complexity index is 263. The Hall–Kier alpha value is 0.300. The van der Waals surface area contributed by atoms with Crippen molar-refractivity contribution in [3.63, 3.8) is 0 Å². The van der Waals surface area contributed by atoms with Gasteiger partial charge in [-0.3, -0.25) is 4.79 Å². The minimum atomic E-state index is 0.250. The summed E-state index contributed by atoms with van der Waals surface area (Å²) in [6, 6.07) is 0.520. The molecular weight excluding hydrogens is 310 g/mol. The van der Waals surface area contributed by atoms with E-state index in [0.717, 1.165) is 18.3 Å². The first-order valence-corrected chi connectivity index (χ1v) is 9.48. The van der Waals surface area contributed by atoms with Gasteiger partial charge < -0.3 is 4.90 Å². The predicted octanol–water partition coefficient (Wildman–Crippen LogP) is 3.83. The van der Waals surface area contributed by atoms with Gasteiger partial charge in [-0.05, 0) is 31.4 Å². The zero-order valence-corrected chi connectivity index (χ0v) is 13.5. The second-order valence-corrected chi connectivity index (χ2v) is 7.47. The van der Waals surface area contributed by atoms with Crippen LogP contribution in [0.3, 0.4) is 0 Å². The van der Waals surface area contributed by atoms with Crippen LogP contribution in [0.25, 0.3) is 0 Å². The Morgan fingerprint density at radius 2 is 1.83 bits per heavy atom. The average molecular weight is 334 g/mol. The van der Waals surface area contributed by atoms with Crippen molar-refractivity contribution in [2.75, 3.05) is 17.6 Å². The topological polar surface area (TPSA) is 20.3 Å². The third-order valence-electron chi connectivity index (χ3n) is 4.08. The van der Waals surface area contributed by atoms with E-state index in [1.807, 2.05) is 11.8 Å². The van der Waals surface area contributed by atoms with Crippen molar-refractivity contribution in [2.45, 2.75) is 62.7 Å². The summed E-state index contributed by atoms with van der Waals surface area (Å²) in [5.74, 6) is 1.59. The van der Waals surface area contributed by atoms with Crippen LogP contribution in [0.1, 0.15) is 51.4 Å². The third kappa shape index (κ3) is 3.89. The quantitative estimate of drug-likeness (QED) is 0.729. The van der Waals surface area contributed by atoms with Gasteiger partial charge in [-0.2, -0.15) is 0 Å². The molecule has 0 radical (unpaired) electrons. The molecule has 1 unspecified atom stereocenters. The van der Waals surface area contributed by atoms with Gasteiger partial charge in [0, 0.05) is 17.9 Å². The molecule has 18 heavy (non-hydrogen) atoms. The normalized spacial score (nSPS) is 25.9. The molecule has 2 aliphatic rings. The Morgan fingerprint density at radius 3 is 2.44 bits per heavy atom. The van der Waals surface area contributed by atoms with Gasteiger partial charge in [-0.1, -0.05) is 41.6 Å². The van der Waals surface area contributed by atoms with Crippen molar-refractivity contribution in [2.24, 2.45) is 0 Å². The minimum absolute atomic E-state index is 0.250. The molecule has 0 aromatic rings. The summed E-state index contributed by atoms with van der Waals surface area (Å²) < 4.78 is 0. The number of rotatable bonds is 4. The van der Waals surface area contributed by atoms with Crippen LogP contribution >= 0.6 is 27.7 Å². The van der Waals surface area contributed by atoms with E-state index in [4.69, 9.17) is 0 Å². The molecule has 0 bridgehead atoms. The molecule has 1 aliphatic carbocycles. The smallest absolute Gasteiger partial charge is 0.235 e. The van der Waals surface area contributed by atoms with E-state index in [0.29, 0.717) is 11.9 Å². The fourth-order valence-electron chi connectivity index (χ4n) is 3.08. The molecule has 1 aliphatic heterocycles. The van der Waals surface area contributed by atoms with Crippen LogP contribution in [0.5, 0.6) is 0 Å². The van der Waals surface area contributed by atoms with Crippen molar-refractivity contribution in [3.8, 4) is 0 Å². The van der Waals surface area contributed by atoms with Crippen LogP contribution in [-0.2, 0) is 4.79 Å². The predicted molar refractivity (Wildman–Crippen MR) is 82.5 cm³/mol. The minimum Gasteiger partial charge on any atom is -0.338 e. The van der Waals surface area contributed by atoms with Gasteiger partial charge in [-0.25, -0.2) is 0 Å². The highest BCUT2D eigenvalue weighted by molar-refractivity contribution is 9.09. The average Bonchev–Trinajstić information content (AvgIpc) is 2.46. The molecule has 0 spiro atoms. The van der Waals surface area contributed by atoms with E-state index in [9.17, 15) is 4.79 Å². The van der Waals surface area contributed by atoms with Crippen LogP contribution < -0.4 is 0 Å². The van der Waals surface area contributed by atoms with E-state index in [-0.39, 0.29) is 5.25 Å². The summed E-state index contributed by atoms with van der Waals surface area (Å²) in [6.45, 7) is 0.889. The van der Waals surface area contributed by atoms with E-state index in [1.54, 1.807) is 0 Å². The highest BCUT2D eigenvalue weighted by atomic mass is 79.9. The lowest BCUT2D eigenvalue weighted by atomic mass is 9.94. The molecule has 1 heterocycles. The number of hydrogen-bond acceptors (Lipinski definition) is 2. The molecule has 0 N–H and O–H groups in total. The second-order valence-electron chi connectivity index (χ2n) is 5.37. The van der Waals surface area contributed by atoms with Crippen molar-refractivity contribution < 1.29 is 4.79 Å². The number of nitrogens with zero attached hydrogens (tertiary/aromatic N) is 1. The zero-order valence-electron chi connectivity index (χ0n) is 11.1. The molecule has 1 saturated carbocycles. The number of hydrogen-bond donors (Lipinski definition) is 0. The molecule has 104 valence electrons. The van der Waals surface area contributed by atoms with Gasteiger partial charge >= 0.3 is 0 Å². The summed E-state index contributed by atoms with van der Waals surface area (Å²) in [5, 5.41) is 1.16. The Balaban J connectivity index is 1.96. The molecule has 1 atom stereocenters. The standard InChI is InChI=1S/C14H24BrNOS/c15-9-10-16(12-6-2-1-3-7-12)14(17)13-8-4-5-11-18-13/h12-13H,1-11H2. The number of alkyl halides is 1. The molecule has 2 nitrogen and oxygen atoms in total. The molecule has 4 heteroatoms. The molecule has 2 rings (SSSR count). The summed E-state index contributed by atoms with van der Waals surface area (Å²) in [7, 11) is 0. The van der Waals surface area contributed by atoms with Crippen molar-refractivity contribution in [3.05, 3.63) is 0 Å². The summed E-state index contributed by atoms with van der Waals surface area (Å²) >= 11 is 5.39. The van der Waals surface area contributed by atoms with Gasteiger partial charge in [0.15, 0.2) is 0 Å². The summed E-state index contributed by atoms with van der Waals surface area (Å²) in [6.07, 6.45) is 10.0. The SMILES string of the molecule is O=C(C1CCCCS1)N(CCBr)C1CCCCC1. The maximum Gasteiger partial charge on any atom is 0.235 e. The number of carbonyl (C=O) groups excluding carboxylic acids is 1. The first kappa shape index (κ1) is 14.7. The summed E-state index contributed by atoms with van der Waals surface area (Å²) in [4.78, 5) is 14.9. The number of carbonyl (C=O) groups is 1. The Labute approximate surface area is 123 Å². The monoisotopic (exact) mass is 333 g/mol. The zero-order chi connectivity index (χ0) is 12.8. The first-order valence-electron chi connectivity index (χ1n) is 7.31. The Morgan fingerprint density at radius 1 is 1.11 bits per heavy atom. The van der Waals surface area contributed by atoms with Crippen LogP contribution in [0.15, 0.2) is 0 Å². The Kier molecular flexibility index (Phi) is 6.36. The largest absolute Gasteiger partial charge is 0.338 e. The van der Waals surface area contributed by atoms with E-state index >= 15 is 0 Å². The van der Waals surface area contributed by atoms with Crippen molar-refractivity contribution in [1.29, 1.82) is 0 Å². The number of amides is 1. The van der Waals surface area contributed by atoms with Gasteiger partial charge in [0.2, 0.25) is 5.91 Å². The van der Waals surface area contributed by atoms with Gasteiger partial charge in [0.1, 0.15) is 0 Å². The van der Waals surface area contributed by atoms with Crippen LogP contribution in [0.2, 0.25) is 0 Å². The third-order valence-corrected chi connectivity index (χ3v) is 5.80. The molecular formula is C14H24BrNOS. The summed E-state index contributed by atoms with van der Waals surface area (Å²) in [5.41, 5.74) is 0. The fraction of sp³-hybridized carbons (Fsp3) is 0.929. The highest BCUT2D eigenvalue weighted by Crippen LogP contribution is 2.30. The van der Waals surface area contributed by atoms with Gasteiger partial charge in [0.05, 0.1) is 5.25 Å². The van der Waals surface area contributed by atoms with Crippen LogP contribution in [-0.4, -0.2) is 39.7 Å². The first-order chi connectivity index (χ1) is 8.83. The number of thioether (sulfide) groups is 1. The van der Waals surface area contributed by atoms with Crippen molar-refractivity contribution >= 4 is 33.6 Å². The maximum absolute atomic E-state index is 12.7. The fourth-order valence-corrected chi connectivity index (χ4v) is 4.73. The van der Waals surface area contributed by atoms with E-state index in [1.165, 1.54) is 50.7 Å². The lowest BCUT2D eigenvalue weighted by Crippen LogP contribution is -2.47. The van der Waals surface area contributed by atoms with Crippen molar-refractivity contribution in [1.82, 2.24) is 4.90 Å². The van der Waals surface area contributed by atoms with E-state index in [2.05, 4.69) is 20.8 Å². The lowest BCUT2D eigenvalue weighted by molar-refractivity contribution is -0.133.